The average molecular weight is 459 g/mol. The molecule has 1 N–H and O–H groups in total. The summed E-state index contributed by atoms with van der Waals surface area (Å²) in [6.45, 7) is 0.216. The van der Waals surface area contributed by atoms with E-state index in [-0.39, 0.29) is 19.1 Å². The van der Waals surface area contributed by atoms with Crippen LogP contribution in [0.2, 0.25) is 0 Å². The number of rotatable bonds is 9. The van der Waals surface area contributed by atoms with Gasteiger partial charge in [-0.15, -0.1) is 0 Å². The van der Waals surface area contributed by atoms with Crippen LogP contribution in [-0.4, -0.2) is 43.8 Å². The Labute approximate surface area is 198 Å². The number of ether oxygens (including phenoxy) is 2. The third-order valence-corrected chi connectivity index (χ3v) is 5.86. The lowest BCUT2D eigenvalue weighted by molar-refractivity contribution is -0.136. The Bertz CT molecular complexity index is 1240. The Kier molecular flexibility index (Phi) is 6.92. The first-order chi connectivity index (χ1) is 16.5. The Morgan fingerprint density at radius 1 is 1.12 bits per heavy atom. The standard InChI is InChI=1S/C27H26N2O5/c1-29-22(12-20-8-3-4-9-24(20)29)15-28-23-14-26(25(33-2)13-21(23)16-30)34-17-19-7-5-6-18(10-19)11-27(31)32/h3-10,13-16,22H,11-12,17H2,1-2H3,(H,31,32). The van der Waals surface area contributed by atoms with Gasteiger partial charge in [0.2, 0.25) is 0 Å². The maximum absolute atomic E-state index is 11.7. The number of hydrogen-bond acceptors (Lipinski definition) is 6. The van der Waals surface area contributed by atoms with Gasteiger partial charge in [-0.1, -0.05) is 42.5 Å². The van der Waals surface area contributed by atoms with Gasteiger partial charge in [0.15, 0.2) is 17.8 Å². The molecule has 4 rings (SSSR count). The van der Waals surface area contributed by atoms with Crippen LogP contribution < -0.4 is 14.4 Å². The van der Waals surface area contributed by atoms with Gasteiger partial charge in [0, 0.05) is 30.6 Å². The van der Waals surface area contributed by atoms with Crippen molar-refractivity contribution in [3.05, 3.63) is 82.9 Å². The highest BCUT2D eigenvalue weighted by Gasteiger charge is 2.24. The first-order valence-electron chi connectivity index (χ1n) is 10.9. The molecule has 0 saturated heterocycles. The number of fused-ring (bicyclic) bond motifs is 1. The highest BCUT2D eigenvalue weighted by Crippen LogP contribution is 2.36. The molecular formula is C27H26N2O5. The zero-order chi connectivity index (χ0) is 24.1. The van der Waals surface area contributed by atoms with Gasteiger partial charge in [0.1, 0.15) is 6.61 Å². The molecule has 0 aromatic heterocycles. The summed E-state index contributed by atoms with van der Waals surface area (Å²) in [5.74, 6) is -0.0113. The van der Waals surface area contributed by atoms with Crippen molar-refractivity contribution in [2.75, 3.05) is 19.1 Å². The fourth-order valence-electron chi connectivity index (χ4n) is 4.10. The van der Waals surface area contributed by atoms with E-state index in [0.717, 1.165) is 18.3 Å². The van der Waals surface area contributed by atoms with Crippen LogP contribution in [0.4, 0.5) is 11.4 Å². The lowest BCUT2D eigenvalue weighted by Crippen LogP contribution is -2.28. The van der Waals surface area contributed by atoms with Crippen molar-refractivity contribution in [1.82, 2.24) is 0 Å². The quantitative estimate of drug-likeness (QED) is 0.376. The number of anilines is 1. The normalized spacial score (nSPS) is 14.8. The molecule has 0 aliphatic carbocycles. The molecular weight excluding hydrogens is 432 g/mol. The number of aldehydes is 1. The maximum atomic E-state index is 11.7. The van der Waals surface area contributed by atoms with Gasteiger partial charge in [-0.2, -0.15) is 0 Å². The SMILES string of the molecule is COc1cc(C=O)c(N=CC2Cc3ccccc3N2C)cc1OCc1cccc(CC(=O)O)c1. The molecule has 0 saturated carbocycles. The van der Waals surface area contributed by atoms with Crippen molar-refractivity contribution in [2.45, 2.75) is 25.5 Å². The van der Waals surface area contributed by atoms with Crippen LogP contribution in [0, 0.1) is 0 Å². The third-order valence-electron chi connectivity index (χ3n) is 5.86. The van der Waals surface area contributed by atoms with E-state index >= 15 is 0 Å². The number of para-hydroxylation sites is 1. The number of carboxylic acids is 1. The van der Waals surface area contributed by atoms with Crippen molar-refractivity contribution >= 4 is 29.8 Å². The fraction of sp³-hybridized carbons (Fsp3) is 0.222. The minimum atomic E-state index is -0.886. The summed E-state index contributed by atoms with van der Waals surface area (Å²) < 4.78 is 11.4. The van der Waals surface area contributed by atoms with Gasteiger partial charge in [0.05, 0.1) is 25.3 Å². The van der Waals surface area contributed by atoms with Gasteiger partial charge < -0.3 is 19.5 Å². The lowest BCUT2D eigenvalue weighted by Gasteiger charge is -2.19. The van der Waals surface area contributed by atoms with Crippen molar-refractivity contribution in [1.29, 1.82) is 0 Å². The number of benzene rings is 3. The van der Waals surface area contributed by atoms with Crippen LogP contribution in [0.15, 0.2) is 65.7 Å². The molecule has 0 bridgehead atoms. The number of aliphatic carboxylic acids is 1. The van der Waals surface area contributed by atoms with E-state index in [4.69, 9.17) is 14.6 Å². The molecule has 7 heteroatoms. The van der Waals surface area contributed by atoms with Gasteiger partial charge >= 0.3 is 5.97 Å². The first-order valence-corrected chi connectivity index (χ1v) is 10.9. The summed E-state index contributed by atoms with van der Waals surface area (Å²) in [6.07, 6.45) is 3.40. The van der Waals surface area contributed by atoms with Crippen LogP contribution in [0.3, 0.4) is 0 Å². The summed E-state index contributed by atoms with van der Waals surface area (Å²) in [6, 6.07) is 18.9. The number of aliphatic imine (C=N–C) groups is 1. The Morgan fingerprint density at radius 3 is 2.65 bits per heavy atom. The molecule has 1 heterocycles. The van der Waals surface area contributed by atoms with Crippen LogP contribution in [0.1, 0.15) is 27.0 Å². The summed E-state index contributed by atoms with van der Waals surface area (Å²) in [5.41, 5.74) is 4.87. The van der Waals surface area contributed by atoms with E-state index in [1.807, 2.05) is 31.5 Å². The molecule has 0 amide bonds. The van der Waals surface area contributed by atoms with Gasteiger partial charge in [-0.25, -0.2) is 0 Å². The van der Waals surface area contributed by atoms with E-state index in [0.29, 0.717) is 28.3 Å². The highest BCUT2D eigenvalue weighted by atomic mass is 16.5. The number of methoxy groups -OCH3 is 1. The number of carbonyl (C=O) groups excluding carboxylic acids is 1. The van der Waals surface area contributed by atoms with E-state index < -0.39 is 5.97 Å². The molecule has 34 heavy (non-hydrogen) atoms. The van der Waals surface area contributed by atoms with Crippen LogP contribution >= 0.6 is 0 Å². The van der Waals surface area contributed by atoms with Gasteiger partial charge in [-0.05, 0) is 35.2 Å². The number of nitrogens with zero attached hydrogens (tertiary/aromatic N) is 2. The molecule has 1 unspecified atom stereocenters. The average Bonchev–Trinajstić information content (AvgIpc) is 3.16. The van der Waals surface area contributed by atoms with E-state index in [1.165, 1.54) is 18.4 Å². The molecule has 0 fully saturated rings. The lowest BCUT2D eigenvalue weighted by atomic mass is 10.1. The van der Waals surface area contributed by atoms with Crippen molar-refractivity contribution < 1.29 is 24.2 Å². The molecule has 1 atom stereocenters. The Hall–Kier alpha value is -4.13. The summed E-state index contributed by atoms with van der Waals surface area (Å²) in [7, 11) is 3.54. The van der Waals surface area contributed by atoms with Gasteiger partial charge in [-0.3, -0.25) is 14.6 Å². The largest absolute Gasteiger partial charge is 0.493 e. The van der Waals surface area contributed by atoms with Gasteiger partial charge in [0.25, 0.3) is 0 Å². The predicted octanol–water partition coefficient (Wildman–Crippen LogP) is 4.48. The molecule has 0 radical (unpaired) electrons. The van der Waals surface area contributed by atoms with E-state index in [1.54, 1.807) is 30.3 Å². The molecule has 1 aliphatic rings. The van der Waals surface area contributed by atoms with Crippen LogP contribution in [0.25, 0.3) is 0 Å². The predicted molar refractivity (Wildman–Crippen MR) is 131 cm³/mol. The van der Waals surface area contributed by atoms with E-state index in [2.05, 4.69) is 22.0 Å². The summed E-state index contributed by atoms with van der Waals surface area (Å²) >= 11 is 0. The zero-order valence-corrected chi connectivity index (χ0v) is 19.1. The van der Waals surface area contributed by atoms with Crippen molar-refractivity contribution in [3.8, 4) is 11.5 Å². The van der Waals surface area contributed by atoms with Crippen LogP contribution in [0.5, 0.6) is 11.5 Å². The smallest absolute Gasteiger partial charge is 0.307 e. The number of carbonyl (C=O) groups is 2. The molecule has 0 spiro atoms. The van der Waals surface area contributed by atoms with Crippen LogP contribution in [-0.2, 0) is 24.2 Å². The second-order valence-corrected chi connectivity index (χ2v) is 8.15. The highest BCUT2D eigenvalue weighted by molar-refractivity contribution is 5.88. The summed E-state index contributed by atoms with van der Waals surface area (Å²) in [5, 5.41) is 9.02. The van der Waals surface area contributed by atoms with Crippen molar-refractivity contribution in [3.63, 3.8) is 0 Å². The molecule has 174 valence electrons. The number of carboxylic acid groups (broad SMARTS) is 1. The fourth-order valence-corrected chi connectivity index (χ4v) is 4.10. The Morgan fingerprint density at radius 2 is 1.91 bits per heavy atom. The van der Waals surface area contributed by atoms with Crippen molar-refractivity contribution in [2.24, 2.45) is 4.99 Å². The summed E-state index contributed by atoms with van der Waals surface area (Å²) in [4.78, 5) is 29.5. The van der Waals surface area contributed by atoms with E-state index in [9.17, 15) is 9.59 Å². The Balaban J connectivity index is 1.54. The monoisotopic (exact) mass is 458 g/mol. The second-order valence-electron chi connectivity index (χ2n) is 8.15. The number of hydrogen-bond donors (Lipinski definition) is 1. The zero-order valence-electron chi connectivity index (χ0n) is 19.1. The number of likely N-dealkylation sites (N-methyl/N-ethyl adjacent to an activating group) is 1. The minimum Gasteiger partial charge on any atom is -0.493 e. The minimum absolute atomic E-state index is 0.0520. The second kappa shape index (κ2) is 10.2. The molecule has 1 aliphatic heterocycles. The maximum Gasteiger partial charge on any atom is 0.307 e. The molecule has 3 aromatic rings. The molecule has 3 aromatic carbocycles. The third kappa shape index (κ3) is 5.09. The molecule has 7 nitrogen and oxygen atoms in total. The topological polar surface area (TPSA) is 88.4 Å². The first kappa shape index (κ1) is 23.0.